The van der Waals surface area contributed by atoms with Gasteiger partial charge in [-0.15, -0.1) is 0 Å². The average Bonchev–Trinajstić information content (AvgIpc) is 3.04. The Balaban J connectivity index is 1.81. The number of carbonyl (C=O) groups excluding carboxylic acids is 2. The Morgan fingerprint density at radius 3 is 1.97 bits per heavy atom. The summed E-state index contributed by atoms with van der Waals surface area (Å²) in [6.07, 6.45) is 0. The normalized spacial score (nSPS) is 13.6. The van der Waals surface area contributed by atoms with Crippen LogP contribution in [0.15, 0.2) is 78.5 Å². The van der Waals surface area contributed by atoms with E-state index in [-0.39, 0.29) is 11.6 Å². The molecule has 31 heavy (non-hydrogen) atoms. The standard InChI is InChI=1S/C25H22N2O4/c1-16-9-11-19(12-10-16)27-24(28)22(17-7-5-4-6-8-17)23(25(27)29)26-18-13-20(30-2)15-21(14-18)31-3/h4-15,26H,1-3H3. The zero-order valence-corrected chi connectivity index (χ0v) is 17.5. The Morgan fingerprint density at radius 2 is 1.39 bits per heavy atom. The first-order valence-corrected chi connectivity index (χ1v) is 9.77. The predicted molar refractivity (Wildman–Crippen MR) is 120 cm³/mol. The molecule has 3 aromatic rings. The lowest BCUT2D eigenvalue weighted by Gasteiger charge is -2.16. The van der Waals surface area contributed by atoms with Crippen molar-refractivity contribution in [1.29, 1.82) is 0 Å². The molecule has 0 atom stereocenters. The number of aryl methyl sites for hydroxylation is 1. The van der Waals surface area contributed by atoms with Gasteiger partial charge in [0.2, 0.25) is 0 Å². The molecule has 2 amide bonds. The molecule has 1 aliphatic rings. The van der Waals surface area contributed by atoms with Gasteiger partial charge in [0.15, 0.2) is 0 Å². The van der Waals surface area contributed by atoms with Crippen molar-refractivity contribution in [2.24, 2.45) is 0 Å². The number of amides is 2. The van der Waals surface area contributed by atoms with Gasteiger partial charge in [0.1, 0.15) is 17.2 Å². The minimum Gasteiger partial charge on any atom is -0.497 e. The summed E-state index contributed by atoms with van der Waals surface area (Å²) >= 11 is 0. The van der Waals surface area contributed by atoms with Crippen LogP contribution in [0.25, 0.3) is 5.57 Å². The largest absolute Gasteiger partial charge is 0.497 e. The maximum Gasteiger partial charge on any atom is 0.282 e. The van der Waals surface area contributed by atoms with Gasteiger partial charge in [-0.3, -0.25) is 9.59 Å². The van der Waals surface area contributed by atoms with Crippen molar-refractivity contribution < 1.29 is 19.1 Å². The van der Waals surface area contributed by atoms with Gasteiger partial charge >= 0.3 is 0 Å². The highest BCUT2D eigenvalue weighted by molar-refractivity contribution is 6.46. The molecule has 0 bridgehead atoms. The van der Waals surface area contributed by atoms with E-state index in [9.17, 15) is 9.59 Å². The van der Waals surface area contributed by atoms with E-state index < -0.39 is 5.91 Å². The number of hydrogen-bond donors (Lipinski definition) is 1. The van der Waals surface area contributed by atoms with Gasteiger partial charge in [-0.25, -0.2) is 4.90 Å². The first-order chi connectivity index (χ1) is 15.0. The van der Waals surface area contributed by atoms with E-state index in [1.807, 2.05) is 49.4 Å². The lowest BCUT2D eigenvalue weighted by Crippen LogP contribution is -2.32. The first kappa shape index (κ1) is 20.2. The number of anilines is 2. The second-order valence-corrected chi connectivity index (χ2v) is 7.12. The molecule has 0 fully saturated rings. The molecule has 0 aromatic heterocycles. The molecule has 1 aliphatic heterocycles. The van der Waals surface area contributed by atoms with Crippen LogP contribution < -0.4 is 19.7 Å². The highest BCUT2D eigenvalue weighted by Gasteiger charge is 2.40. The second kappa shape index (κ2) is 8.36. The fourth-order valence-corrected chi connectivity index (χ4v) is 3.47. The number of nitrogens with one attached hydrogen (secondary N) is 1. The third kappa shape index (κ3) is 3.88. The van der Waals surface area contributed by atoms with E-state index in [1.165, 1.54) is 4.90 Å². The number of benzene rings is 3. The number of carbonyl (C=O) groups is 2. The number of methoxy groups -OCH3 is 2. The fraction of sp³-hybridized carbons (Fsp3) is 0.120. The topological polar surface area (TPSA) is 67.9 Å². The van der Waals surface area contributed by atoms with Gasteiger partial charge in [-0.2, -0.15) is 0 Å². The fourth-order valence-electron chi connectivity index (χ4n) is 3.47. The summed E-state index contributed by atoms with van der Waals surface area (Å²) in [7, 11) is 3.10. The summed E-state index contributed by atoms with van der Waals surface area (Å²) in [4.78, 5) is 28.0. The molecule has 0 saturated carbocycles. The van der Waals surface area contributed by atoms with Crippen molar-refractivity contribution in [3.8, 4) is 11.5 Å². The molecule has 0 unspecified atom stereocenters. The van der Waals surface area contributed by atoms with Crippen LogP contribution >= 0.6 is 0 Å². The van der Waals surface area contributed by atoms with E-state index in [1.54, 1.807) is 44.6 Å². The maximum absolute atomic E-state index is 13.4. The van der Waals surface area contributed by atoms with Crippen LogP contribution in [0.5, 0.6) is 11.5 Å². The van der Waals surface area contributed by atoms with Crippen molar-refractivity contribution in [3.63, 3.8) is 0 Å². The Morgan fingerprint density at radius 1 is 0.774 bits per heavy atom. The maximum atomic E-state index is 13.4. The predicted octanol–water partition coefficient (Wildman–Crippen LogP) is 4.41. The Bertz CT molecular complexity index is 1150. The van der Waals surface area contributed by atoms with E-state index in [2.05, 4.69) is 5.32 Å². The Kier molecular flexibility index (Phi) is 5.45. The third-order valence-corrected chi connectivity index (χ3v) is 5.06. The summed E-state index contributed by atoms with van der Waals surface area (Å²) in [5.41, 5.74) is 3.31. The highest BCUT2D eigenvalue weighted by atomic mass is 16.5. The van der Waals surface area contributed by atoms with Crippen molar-refractivity contribution in [2.45, 2.75) is 6.92 Å². The number of nitrogens with zero attached hydrogens (tertiary/aromatic N) is 1. The molecule has 4 rings (SSSR count). The van der Waals surface area contributed by atoms with Crippen molar-refractivity contribution in [2.75, 3.05) is 24.4 Å². The number of ether oxygens (including phenoxy) is 2. The summed E-state index contributed by atoms with van der Waals surface area (Å²) < 4.78 is 10.6. The zero-order chi connectivity index (χ0) is 22.0. The van der Waals surface area contributed by atoms with Gasteiger partial charge < -0.3 is 14.8 Å². The van der Waals surface area contributed by atoms with Crippen molar-refractivity contribution >= 4 is 28.8 Å². The van der Waals surface area contributed by atoms with Crippen LogP contribution in [-0.4, -0.2) is 26.0 Å². The van der Waals surface area contributed by atoms with Crippen molar-refractivity contribution in [1.82, 2.24) is 0 Å². The van der Waals surface area contributed by atoms with Gasteiger partial charge in [0.05, 0.1) is 25.5 Å². The molecule has 1 N–H and O–H groups in total. The Hall–Kier alpha value is -4.06. The van der Waals surface area contributed by atoms with Gasteiger partial charge in [-0.1, -0.05) is 48.0 Å². The molecule has 0 spiro atoms. The molecular formula is C25H22N2O4. The van der Waals surface area contributed by atoms with E-state index in [0.29, 0.717) is 34.0 Å². The minimum absolute atomic E-state index is 0.201. The molecule has 6 heteroatoms. The third-order valence-electron chi connectivity index (χ3n) is 5.06. The zero-order valence-electron chi connectivity index (χ0n) is 17.5. The molecule has 0 aliphatic carbocycles. The van der Waals surface area contributed by atoms with Gasteiger partial charge in [0.25, 0.3) is 11.8 Å². The van der Waals surface area contributed by atoms with E-state index in [0.717, 1.165) is 5.56 Å². The molecule has 6 nitrogen and oxygen atoms in total. The van der Waals surface area contributed by atoms with Crippen LogP contribution in [-0.2, 0) is 9.59 Å². The summed E-state index contributed by atoms with van der Waals surface area (Å²) in [6.45, 7) is 1.95. The second-order valence-electron chi connectivity index (χ2n) is 7.12. The summed E-state index contributed by atoms with van der Waals surface area (Å²) in [6, 6.07) is 21.7. The molecule has 1 heterocycles. The monoisotopic (exact) mass is 414 g/mol. The minimum atomic E-state index is -0.422. The smallest absolute Gasteiger partial charge is 0.282 e. The van der Waals surface area contributed by atoms with E-state index >= 15 is 0 Å². The number of imide groups is 1. The Labute approximate surface area is 180 Å². The molecule has 156 valence electrons. The molecule has 3 aromatic carbocycles. The average molecular weight is 414 g/mol. The van der Waals surface area contributed by atoms with Gasteiger partial charge in [0, 0.05) is 23.9 Å². The summed E-state index contributed by atoms with van der Waals surface area (Å²) in [5, 5.41) is 3.14. The molecule has 0 radical (unpaired) electrons. The van der Waals surface area contributed by atoms with Crippen molar-refractivity contribution in [3.05, 3.63) is 89.6 Å². The first-order valence-electron chi connectivity index (χ1n) is 9.77. The van der Waals surface area contributed by atoms with Crippen LogP contribution in [0.2, 0.25) is 0 Å². The lowest BCUT2D eigenvalue weighted by molar-refractivity contribution is -0.120. The lowest BCUT2D eigenvalue weighted by atomic mass is 10.0. The van der Waals surface area contributed by atoms with Crippen LogP contribution in [0, 0.1) is 6.92 Å². The molecule has 0 saturated heterocycles. The number of hydrogen-bond acceptors (Lipinski definition) is 5. The van der Waals surface area contributed by atoms with Crippen LogP contribution in [0.4, 0.5) is 11.4 Å². The highest BCUT2D eigenvalue weighted by Crippen LogP contribution is 2.35. The van der Waals surface area contributed by atoms with Crippen LogP contribution in [0.3, 0.4) is 0 Å². The van der Waals surface area contributed by atoms with E-state index in [4.69, 9.17) is 9.47 Å². The van der Waals surface area contributed by atoms with Crippen LogP contribution in [0.1, 0.15) is 11.1 Å². The SMILES string of the molecule is COc1cc(NC2=C(c3ccccc3)C(=O)N(c3ccc(C)cc3)C2=O)cc(OC)c1. The number of rotatable bonds is 6. The molecular weight excluding hydrogens is 392 g/mol. The quantitative estimate of drug-likeness (QED) is 0.605. The summed E-state index contributed by atoms with van der Waals surface area (Å²) in [5.74, 6) is 0.332. The van der Waals surface area contributed by atoms with Gasteiger partial charge in [-0.05, 0) is 24.6 Å².